The second-order valence-electron chi connectivity index (χ2n) is 9.27. The Labute approximate surface area is 210 Å². The molecular formula is C30H31F3O3. The normalized spacial score (nSPS) is 17.6. The van der Waals surface area contributed by atoms with Gasteiger partial charge in [0.05, 0.1) is 12.5 Å². The number of carbonyl (C=O) groups excluding carboxylic acids is 1. The van der Waals surface area contributed by atoms with E-state index in [1.54, 1.807) is 24.3 Å². The van der Waals surface area contributed by atoms with Crippen LogP contribution in [0.25, 0.3) is 11.1 Å². The number of ether oxygens (including phenoxy) is 2. The summed E-state index contributed by atoms with van der Waals surface area (Å²) in [5.74, 6) is -3.50. The molecule has 0 radical (unpaired) electrons. The Morgan fingerprint density at radius 1 is 0.889 bits per heavy atom. The van der Waals surface area contributed by atoms with Gasteiger partial charge in [-0.1, -0.05) is 43.7 Å². The summed E-state index contributed by atoms with van der Waals surface area (Å²) in [6.45, 7) is 4.38. The van der Waals surface area contributed by atoms with Gasteiger partial charge in [-0.2, -0.15) is 4.39 Å². The van der Waals surface area contributed by atoms with E-state index in [9.17, 15) is 18.0 Å². The molecule has 4 rings (SSSR count). The van der Waals surface area contributed by atoms with Gasteiger partial charge in [0.15, 0.2) is 11.6 Å². The average Bonchev–Trinajstić information content (AvgIpc) is 2.88. The van der Waals surface area contributed by atoms with E-state index >= 15 is 0 Å². The van der Waals surface area contributed by atoms with Crippen LogP contribution in [0.15, 0.2) is 54.6 Å². The topological polar surface area (TPSA) is 35.5 Å². The molecule has 0 spiro atoms. The van der Waals surface area contributed by atoms with Crippen LogP contribution in [-0.4, -0.2) is 12.6 Å². The van der Waals surface area contributed by atoms with E-state index in [4.69, 9.17) is 9.47 Å². The quantitative estimate of drug-likeness (QED) is 0.234. The lowest BCUT2D eigenvalue weighted by atomic mass is 9.78. The molecule has 0 bridgehead atoms. The molecule has 0 heterocycles. The third-order valence-electron chi connectivity index (χ3n) is 6.84. The van der Waals surface area contributed by atoms with Crippen molar-refractivity contribution in [1.29, 1.82) is 0 Å². The van der Waals surface area contributed by atoms with Crippen LogP contribution >= 0.6 is 0 Å². The monoisotopic (exact) mass is 496 g/mol. The van der Waals surface area contributed by atoms with E-state index in [0.29, 0.717) is 49.2 Å². The molecule has 36 heavy (non-hydrogen) atoms. The van der Waals surface area contributed by atoms with Crippen molar-refractivity contribution < 1.29 is 27.4 Å². The summed E-state index contributed by atoms with van der Waals surface area (Å²) >= 11 is 0. The summed E-state index contributed by atoms with van der Waals surface area (Å²) in [7, 11) is 0. The summed E-state index contributed by atoms with van der Waals surface area (Å²) in [6, 6.07) is 14.9. The van der Waals surface area contributed by atoms with Crippen molar-refractivity contribution in [1.82, 2.24) is 0 Å². The lowest BCUT2D eigenvalue weighted by Gasteiger charge is -2.28. The predicted molar refractivity (Wildman–Crippen MR) is 134 cm³/mol. The summed E-state index contributed by atoms with van der Waals surface area (Å²) in [4.78, 5) is 12.7. The number of hydrogen-bond donors (Lipinski definition) is 0. The molecule has 3 nitrogen and oxygen atoms in total. The van der Waals surface area contributed by atoms with Crippen LogP contribution in [0.1, 0.15) is 63.0 Å². The van der Waals surface area contributed by atoms with E-state index in [1.807, 2.05) is 19.1 Å². The molecule has 0 aromatic heterocycles. The van der Waals surface area contributed by atoms with Crippen molar-refractivity contribution in [2.24, 2.45) is 5.92 Å². The smallest absolute Gasteiger partial charge is 0.314 e. The second-order valence-corrected chi connectivity index (χ2v) is 9.27. The molecule has 1 aliphatic rings. The maximum Gasteiger partial charge on any atom is 0.314 e. The molecule has 1 aliphatic carbocycles. The van der Waals surface area contributed by atoms with Gasteiger partial charge in [0.1, 0.15) is 11.6 Å². The second kappa shape index (κ2) is 11.6. The van der Waals surface area contributed by atoms with Gasteiger partial charge in [0.25, 0.3) is 0 Å². The summed E-state index contributed by atoms with van der Waals surface area (Å²) in [6.07, 6.45) is 4.11. The zero-order chi connectivity index (χ0) is 25.7. The third kappa shape index (κ3) is 5.75. The molecule has 0 N–H and O–H groups in total. The zero-order valence-corrected chi connectivity index (χ0v) is 20.7. The van der Waals surface area contributed by atoms with Crippen LogP contribution in [0.2, 0.25) is 0 Å². The Balaban J connectivity index is 1.38. The number of carbonyl (C=O) groups is 1. The van der Waals surface area contributed by atoms with Crippen LogP contribution in [0, 0.1) is 23.4 Å². The van der Waals surface area contributed by atoms with E-state index < -0.39 is 29.3 Å². The van der Waals surface area contributed by atoms with Gasteiger partial charge in [-0.15, -0.1) is 0 Å². The number of halogens is 3. The van der Waals surface area contributed by atoms with Gasteiger partial charge in [-0.3, -0.25) is 4.79 Å². The molecule has 3 aromatic carbocycles. The number of rotatable bonds is 8. The molecule has 3 aromatic rings. The van der Waals surface area contributed by atoms with Crippen molar-refractivity contribution in [2.45, 2.75) is 58.3 Å². The summed E-state index contributed by atoms with van der Waals surface area (Å²) < 4.78 is 54.8. The largest absolute Gasteiger partial charge is 0.494 e. The van der Waals surface area contributed by atoms with Crippen LogP contribution in [0.3, 0.4) is 0 Å². The number of esters is 1. The molecule has 6 heteroatoms. The van der Waals surface area contributed by atoms with Gasteiger partial charge in [-0.05, 0) is 79.8 Å². The third-order valence-corrected chi connectivity index (χ3v) is 6.84. The van der Waals surface area contributed by atoms with Gasteiger partial charge >= 0.3 is 5.97 Å². The maximum absolute atomic E-state index is 14.8. The van der Waals surface area contributed by atoms with E-state index in [-0.39, 0.29) is 17.3 Å². The summed E-state index contributed by atoms with van der Waals surface area (Å²) in [5, 5.41) is 0. The first-order chi connectivity index (χ1) is 17.4. The van der Waals surface area contributed by atoms with Gasteiger partial charge in [-0.25, -0.2) is 8.78 Å². The minimum absolute atomic E-state index is 0.0121. The minimum atomic E-state index is -1.18. The maximum atomic E-state index is 14.8. The summed E-state index contributed by atoms with van der Waals surface area (Å²) in [5.41, 5.74) is 2.42. The number of hydrogen-bond acceptors (Lipinski definition) is 3. The van der Waals surface area contributed by atoms with Gasteiger partial charge < -0.3 is 9.47 Å². The van der Waals surface area contributed by atoms with Gasteiger partial charge in [0.2, 0.25) is 5.82 Å². The fourth-order valence-corrected chi connectivity index (χ4v) is 4.90. The van der Waals surface area contributed by atoms with Crippen LogP contribution in [-0.2, 0) is 11.2 Å². The lowest BCUT2D eigenvalue weighted by Crippen LogP contribution is -2.25. The SMILES string of the molecule is CCCc1ccc(-c2ccc(OC(=O)C3CCC(c4ccc(OCC)cc4F)CC3)c(F)c2F)cc1. The molecule has 190 valence electrons. The fourth-order valence-electron chi connectivity index (χ4n) is 4.90. The first kappa shape index (κ1) is 25.8. The number of benzene rings is 3. The van der Waals surface area contributed by atoms with E-state index in [0.717, 1.165) is 18.4 Å². The highest BCUT2D eigenvalue weighted by Gasteiger charge is 2.30. The molecule has 0 aliphatic heterocycles. The van der Waals surface area contributed by atoms with Crippen molar-refractivity contribution in [3.8, 4) is 22.6 Å². The Morgan fingerprint density at radius 3 is 2.25 bits per heavy atom. The Kier molecular flexibility index (Phi) is 8.34. The highest BCUT2D eigenvalue weighted by Crippen LogP contribution is 2.39. The highest BCUT2D eigenvalue weighted by atomic mass is 19.2. The van der Waals surface area contributed by atoms with Crippen molar-refractivity contribution in [2.75, 3.05) is 6.61 Å². The van der Waals surface area contributed by atoms with Crippen LogP contribution < -0.4 is 9.47 Å². The van der Waals surface area contributed by atoms with Gasteiger partial charge in [0, 0.05) is 11.6 Å². The Morgan fingerprint density at radius 2 is 1.61 bits per heavy atom. The highest BCUT2D eigenvalue weighted by molar-refractivity contribution is 5.76. The van der Waals surface area contributed by atoms with E-state index in [1.165, 1.54) is 18.2 Å². The fraction of sp³-hybridized carbons (Fsp3) is 0.367. The standard InChI is InChI=1S/C30H31F3O3/c1-3-5-19-6-8-21(9-7-19)25-16-17-27(29(33)28(25)32)36-30(34)22-12-10-20(11-13-22)24-15-14-23(35-4-2)18-26(24)31/h6-9,14-18,20,22H,3-5,10-13H2,1-2H3. The Hall–Kier alpha value is -3.28. The Bertz CT molecular complexity index is 1200. The molecule has 1 saturated carbocycles. The van der Waals surface area contributed by atoms with Crippen molar-refractivity contribution in [3.05, 3.63) is 83.2 Å². The predicted octanol–water partition coefficient (Wildman–Crippen LogP) is 8.00. The molecule has 0 saturated heterocycles. The molecular weight excluding hydrogens is 465 g/mol. The number of aryl methyl sites for hydroxylation is 1. The first-order valence-corrected chi connectivity index (χ1v) is 12.6. The van der Waals surface area contributed by atoms with E-state index in [2.05, 4.69) is 6.92 Å². The average molecular weight is 497 g/mol. The van der Waals surface area contributed by atoms with Crippen molar-refractivity contribution >= 4 is 5.97 Å². The minimum Gasteiger partial charge on any atom is -0.494 e. The zero-order valence-electron chi connectivity index (χ0n) is 20.7. The molecule has 1 fully saturated rings. The first-order valence-electron chi connectivity index (χ1n) is 12.6. The molecule has 0 unspecified atom stereocenters. The lowest BCUT2D eigenvalue weighted by molar-refractivity contribution is -0.140. The molecule has 0 atom stereocenters. The molecule has 0 amide bonds. The van der Waals surface area contributed by atoms with Crippen molar-refractivity contribution in [3.63, 3.8) is 0 Å². The van der Waals surface area contributed by atoms with Crippen LogP contribution in [0.5, 0.6) is 11.5 Å². The van der Waals surface area contributed by atoms with Crippen LogP contribution in [0.4, 0.5) is 13.2 Å².